The van der Waals surface area contributed by atoms with E-state index in [9.17, 15) is 0 Å². The van der Waals surface area contributed by atoms with Crippen molar-refractivity contribution in [1.82, 2.24) is 0 Å². The van der Waals surface area contributed by atoms with E-state index in [0.717, 1.165) is 0 Å². The van der Waals surface area contributed by atoms with Gasteiger partial charge in [-0.05, 0) is 161 Å². The van der Waals surface area contributed by atoms with E-state index in [1.54, 1.807) is 0 Å². The molecule has 0 amide bonds. The molecule has 0 fully saturated rings. The second-order valence-electron chi connectivity index (χ2n) is 12.0. The zero-order chi connectivity index (χ0) is 28.0. The number of rotatable bonds is 0. The van der Waals surface area contributed by atoms with Gasteiger partial charge >= 0.3 is 0 Å². The minimum atomic E-state index is 1.45. The molecular formula is C36H36S3. The van der Waals surface area contributed by atoms with Crippen LogP contribution in [0.2, 0.25) is 0 Å². The smallest absolute Gasteiger partial charge is 0.0545 e. The molecule has 0 atom stereocenters. The summed E-state index contributed by atoms with van der Waals surface area (Å²) in [6.07, 6.45) is 0. The van der Waals surface area contributed by atoms with Gasteiger partial charge in [0, 0.05) is 40.3 Å². The van der Waals surface area contributed by atoms with E-state index in [0.29, 0.717) is 0 Å². The summed E-state index contributed by atoms with van der Waals surface area (Å²) in [6.45, 7) is 28.1. The molecule has 3 heterocycles. The van der Waals surface area contributed by atoms with E-state index in [1.807, 2.05) is 34.0 Å². The zero-order valence-electron chi connectivity index (χ0n) is 25.2. The van der Waals surface area contributed by atoms with Crippen LogP contribution in [0.4, 0.5) is 0 Å². The molecule has 4 aromatic carbocycles. The van der Waals surface area contributed by atoms with Gasteiger partial charge < -0.3 is 0 Å². The number of aryl methyl sites for hydroxylation is 8. The summed E-state index contributed by atoms with van der Waals surface area (Å²) in [4.78, 5) is 0. The Balaban J connectivity index is 1.75. The first kappa shape index (κ1) is 25.5. The first-order valence-corrected chi connectivity index (χ1v) is 16.4. The molecule has 39 heavy (non-hydrogen) atoms. The number of hydrogen-bond donors (Lipinski definition) is 0. The highest BCUT2D eigenvalue weighted by Crippen LogP contribution is 2.53. The lowest BCUT2D eigenvalue weighted by molar-refractivity contribution is 1.26. The SMILES string of the molecule is Cc1c(C)c(C)c2c(sc3c2sc2c(C)c4c(C)c5sc6c(C)c(C)c(C)c(C)c6c5c(C)c4c(C)c23)c1C. The van der Waals surface area contributed by atoms with E-state index in [4.69, 9.17) is 0 Å². The maximum absolute atomic E-state index is 2.40. The van der Waals surface area contributed by atoms with Gasteiger partial charge in [0.1, 0.15) is 0 Å². The minimum Gasteiger partial charge on any atom is -0.135 e. The van der Waals surface area contributed by atoms with Crippen LogP contribution in [0.25, 0.3) is 60.5 Å². The molecular weight excluding hydrogens is 529 g/mol. The van der Waals surface area contributed by atoms with Gasteiger partial charge in [0.2, 0.25) is 0 Å². The van der Waals surface area contributed by atoms with Gasteiger partial charge in [0.05, 0.1) is 9.40 Å². The molecule has 0 aliphatic heterocycles. The Bertz CT molecular complexity index is 2280. The Kier molecular flexibility index (Phi) is 5.27. The summed E-state index contributed by atoms with van der Waals surface area (Å²) in [7, 11) is 0. The molecule has 3 aromatic heterocycles. The molecule has 0 saturated carbocycles. The molecule has 0 N–H and O–H groups in total. The fourth-order valence-corrected chi connectivity index (χ4v) is 12.1. The summed E-state index contributed by atoms with van der Waals surface area (Å²) < 4.78 is 8.92. The first-order chi connectivity index (χ1) is 18.4. The molecule has 0 radical (unpaired) electrons. The molecule has 0 unspecified atom stereocenters. The predicted octanol–water partition coefficient (Wildman–Crippen LogP) is 12.5. The number of benzene rings is 4. The lowest BCUT2D eigenvalue weighted by Gasteiger charge is -2.17. The molecule has 3 heteroatoms. The van der Waals surface area contributed by atoms with Gasteiger partial charge in [-0.15, -0.1) is 34.0 Å². The van der Waals surface area contributed by atoms with Crippen LogP contribution in [0.1, 0.15) is 66.8 Å². The van der Waals surface area contributed by atoms with Crippen molar-refractivity contribution in [2.45, 2.75) is 83.1 Å². The van der Waals surface area contributed by atoms with Gasteiger partial charge in [-0.2, -0.15) is 0 Å². The van der Waals surface area contributed by atoms with Gasteiger partial charge in [-0.3, -0.25) is 0 Å². The van der Waals surface area contributed by atoms with E-state index >= 15 is 0 Å². The average molecular weight is 565 g/mol. The fraction of sp³-hybridized carbons (Fsp3) is 0.333. The monoisotopic (exact) mass is 564 g/mol. The number of hydrogen-bond acceptors (Lipinski definition) is 3. The third kappa shape index (κ3) is 2.89. The molecule has 198 valence electrons. The highest BCUT2D eigenvalue weighted by molar-refractivity contribution is 7.36. The summed E-state index contributed by atoms with van der Waals surface area (Å²) in [5, 5.41) is 8.95. The van der Waals surface area contributed by atoms with Crippen LogP contribution >= 0.6 is 34.0 Å². The summed E-state index contributed by atoms with van der Waals surface area (Å²) >= 11 is 6.09. The molecule has 0 bridgehead atoms. The van der Waals surface area contributed by atoms with Crippen LogP contribution in [0.5, 0.6) is 0 Å². The Morgan fingerprint density at radius 2 is 0.487 bits per heavy atom. The summed E-state index contributed by atoms with van der Waals surface area (Å²) in [5.74, 6) is 0. The minimum absolute atomic E-state index is 1.45. The van der Waals surface area contributed by atoms with E-state index in [1.165, 1.54) is 127 Å². The third-order valence-electron chi connectivity index (χ3n) is 10.4. The highest BCUT2D eigenvalue weighted by Gasteiger charge is 2.25. The third-order valence-corrected chi connectivity index (χ3v) is 14.6. The van der Waals surface area contributed by atoms with Crippen molar-refractivity contribution in [3.63, 3.8) is 0 Å². The molecule has 7 aromatic rings. The lowest BCUT2D eigenvalue weighted by atomic mass is 9.87. The maximum Gasteiger partial charge on any atom is 0.0545 e. The molecule has 0 aliphatic carbocycles. The van der Waals surface area contributed by atoms with Crippen LogP contribution in [0.15, 0.2) is 0 Å². The summed E-state index contributed by atoms with van der Waals surface area (Å²) in [6, 6.07) is 0. The van der Waals surface area contributed by atoms with Gasteiger partial charge in [0.25, 0.3) is 0 Å². The van der Waals surface area contributed by atoms with Gasteiger partial charge in [0.15, 0.2) is 0 Å². The molecule has 0 spiro atoms. The second kappa shape index (κ2) is 8.06. The Morgan fingerprint density at radius 3 is 1.03 bits per heavy atom. The highest BCUT2D eigenvalue weighted by atomic mass is 32.1. The molecule has 0 aliphatic rings. The Hall–Kier alpha value is -2.46. The van der Waals surface area contributed by atoms with E-state index in [2.05, 4.69) is 83.1 Å². The summed E-state index contributed by atoms with van der Waals surface area (Å²) in [5.41, 5.74) is 17.5. The predicted molar refractivity (Wildman–Crippen MR) is 182 cm³/mol. The van der Waals surface area contributed by atoms with E-state index < -0.39 is 0 Å². The lowest BCUT2D eigenvalue weighted by Crippen LogP contribution is -1.94. The average Bonchev–Trinajstić information content (AvgIpc) is 3.59. The van der Waals surface area contributed by atoms with E-state index in [-0.39, 0.29) is 0 Å². The topological polar surface area (TPSA) is 0 Å². The molecule has 0 saturated heterocycles. The van der Waals surface area contributed by atoms with Crippen LogP contribution in [-0.4, -0.2) is 0 Å². The van der Waals surface area contributed by atoms with Crippen LogP contribution in [0, 0.1) is 83.1 Å². The quantitative estimate of drug-likeness (QED) is 0.172. The van der Waals surface area contributed by atoms with Crippen LogP contribution < -0.4 is 0 Å². The number of fused-ring (bicyclic) bond motifs is 9. The number of thiophene rings is 3. The zero-order valence-corrected chi connectivity index (χ0v) is 27.7. The van der Waals surface area contributed by atoms with Crippen molar-refractivity contribution in [2.24, 2.45) is 0 Å². The Morgan fingerprint density at radius 1 is 0.205 bits per heavy atom. The normalized spacial score (nSPS) is 12.6. The maximum atomic E-state index is 2.40. The van der Waals surface area contributed by atoms with Crippen molar-refractivity contribution in [2.75, 3.05) is 0 Å². The fourth-order valence-electron chi connectivity index (χ4n) is 7.45. The standard InChI is InChI=1S/C36H36S3/c1-13-15(3)19(7)31-27(17(13)5)28-21(9)25-22(10)30-34(24(12)26(25)23(11)33(28)37-31)39-35-29-18(6)14(2)16(4)20(8)32(29)38-36(30)35/h1-12H3. The van der Waals surface area contributed by atoms with Gasteiger partial charge in [-0.1, -0.05) is 0 Å². The molecule has 0 nitrogen and oxygen atoms in total. The van der Waals surface area contributed by atoms with Crippen molar-refractivity contribution < 1.29 is 0 Å². The van der Waals surface area contributed by atoms with Crippen molar-refractivity contribution in [3.05, 3.63) is 66.8 Å². The van der Waals surface area contributed by atoms with Crippen molar-refractivity contribution >= 4 is 94.5 Å². The van der Waals surface area contributed by atoms with Crippen molar-refractivity contribution in [3.8, 4) is 0 Å². The van der Waals surface area contributed by atoms with Gasteiger partial charge in [-0.25, -0.2) is 0 Å². The van der Waals surface area contributed by atoms with Crippen LogP contribution in [-0.2, 0) is 0 Å². The second-order valence-corrected chi connectivity index (χ2v) is 15.1. The largest absolute Gasteiger partial charge is 0.135 e. The molecule has 7 rings (SSSR count). The van der Waals surface area contributed by atoms with Crippen molar-refractivity contribution in [1.29, 1.82) is 0 Å². The van der Waals surface area contributed by atoms with Crippen LogP contribution in [0.3, 0.4) is 0 Å². The first-order valence-electron chi connectivity index (χ1n) is 14.0. The Labute approximate surface area is 243 Å².